The Kier molecular flexibility index (Phi) is 4.20. The van der Waals surface area contributed by atoms with E-state index in [-0.39, 0.29) is 5.82 Å². The molecule has 0 unspecified atom stereocenters. The maximum Gasteiger partial charge on any atom is 0.165 e. The van der Waals surface area contributed by atoms with Crippen LogP contribution in [-0.2, 0) is 0 Å². The number of hydrogen-bond donors (Lipinski definition) is 0. The Morgan fingerprint density at radius 3 is 2.69 bits per heavy atom. The van der Waals surface area contributed by atoms with Crippen LogP contribution in [0.5, 0.6) is 5.75 Å². The molecular formula is C14H19FO. The van der Waals surface area contributed by atoms with Gasteiger partial charge in [-0.2, -0.15) is 0 Å². The monoisotopic (exact) mass is 222 g/mol. The number of benzene rings is 1. The van der Waals surface area contributed by atoms with E-state index >= 15 is 0 Å². The summed E-state index contributed by atoms with van der Waals surface area (Å²) in [4.78, 5) is 0. The van der Waals surface area contributed by atoms with Crippen molar-refractivity contribution >= 4 is 0 Å². The van der Waals surface area contributed by atoms with Crippen molar-refractivity contribution in [1.82, 2.24) is 0 Å². The van der Waals surface area contributed by atoms with Gasteiger partial charge in [0.15, 0.2) is 11.6 Å². The van der Waals surface area contributed by atoms with Gasteiger partial charge in [0.1, 0.15) is 0 Å². The lowest BCUT2D eigenvalue weighted by Crippen LogP contribution is -1.99. The largest absolute Gasteiger partial charge is 0.491 e. The third kappa shape index (κ3) is 3.84. The highest BCUT2D eigenvalue weighted by atomic mass is 19.1. The predicted octanol–water partition coefficient (Wildman–Crippen LogP) is 4.17. The molecule has 0 spiro atoms. The van der Waals surface area contributed by atoms with Crippen molar-refractivity contribution in [2.24, 2.45) is 5.92 Å². The molecule has 0 heterocycles. The summed E-state index contributed by atoms with van der Waals surface area (Å²) in [6.45, 7) is 0.631. The van der Waals surface area contributed by atoms with Gasteiger partial charge in [-0.25, -0.2) is 4.39 Å². The quantitative estimate of drug-likeness (QED) is 0.629. The summed E-state index contributed by atoms with van der Waals surface area (Å²) in [5.41, 5.74) is 0. The Balaban J connectivity index is 1.55. The maximum absolute atomic E-state index is 13.2. The maximum atomic E-state index is 13.2. The molecule has 0 bridgehead atoms. The minimum absolute atomic E-state index is 0.263. The van der Waals surface area contributed by atoms with Gasteiger partial charge in [0, 0.05) is 0 Å². The van der Waals surface area contributed by atoms with E-state index in [1.807, 2.05) is 0 Å². The molecule has 0 N–H and O–H groups in total. The lowest BCUT2D eigenvalue weighted by molar-refractivity contribution is 0.290. The molecule has 1 aliphatic rings. The van der Waals surface area contributed by atoms with Crippen molar-refractivity contribution in [3.63, 3.8) is 0 Å². The van der Waals surface area contributed by atoms with E-state index in [4.69, 9.17) is 4.74 Å². The lowest BCUT2D eigenvalue weighted by atomic mass is 10.1. The second kappa shape index (κ2) is 5.88. The van der Waals surface area contributed by atoms with Gasteiger partial charge < -0.3 is 4.74 Å². The van der Waals surface area contributed by atoms with Crippen LogP contribution in [-0.4, -0.2) is 6.61 Å². The molecule has 16 heavy (non-hydrogen) atoms. The molecule has 1 aromatic carbocycles. The first-order valence-corrected chi connectivity index (χ1v) is 6.23. The van der Waals surface area contributed by atoms with Gasteiger partial charge in [0.05, 0.1) is 6.61 Å². The van der Waals surface area contributed by atoms with Crippen LogP contribution in [0.1, 0.15) is 38.5 Å². The number of rotatable bonds is 7. The zero-order valence-corrected chi connectivity index (χ0v) is 9.62. The van der Waals surface area contributed by atoms with Crippen molar-refractivity contribution in [2.45, 2.75) is 38.5 Å². The highest BCUT2D eigenvalue weighted by Crippen LogP contribution is 2.33. The SMILES string of the molecule is Fc1ccccc1OCCCCCC1CC1. The molecular weight excluding hydrogens is 203 g/mol. The van der Waals surface area contributed by atoms with Crippen molar-refractivity contribution < 1.29 is 9.13 Å². The highest BCUT2D eigenvalue weighted by Gasteiger charge is 2.19. The van der Waals surface area contributed by atoms with Gasteiger partial charge in [-0.15, -0.1) is 0 Å². The normalized spacial score (nSPS) is 15.1. The molecule has 0 atom stereocenters. The van der Waals surface area contributed by atoms with Crippen LogP contribution in [0.4, 0.5) is 4.39 Å². The second-order valence-electron chi connectivity index (χ2n) is 4.57. The van der Waals surface area contributed by atoms with Crippen molar-refractivity contribution in [3.8, 4) is 5.75 Å². The smallest absolute Gasteiger partial charge is 0.165 e. The molecule has 0 aromatic heterocycles. The van der Waals surface area contributed by atoms with E-state index < -0.39 is 0 Å². The van der Waals surface area contributed by atoms with E-state index in [2.05, 4.69) is 0 Å². The molecule has 0 radical (unpaired) electrons. The van der Waals surface area contributed by atoms with Crippen LogP contribution in [0, 0.1) is 11.7 Å². The standard InChI is InChI=1S/C14H19FO/c15-13-7-3-4-8-14(13)16-11-5-1-2-6-12-9-10-12/h3-4,7-8,12H,1-2,5-6,9-11H2. The molecule has 0 aliphatic heterocycles. The van der Waals surface area contributed by atoms with E-state index in [9.17, 15) is 4.39 Å². The average Bonchev–Trinajstić information content (AvgIpc) is 3.09. The predicted molar refractivity (Wildman–Crippen MR) is 63.1 cm³/mol. The van der Waals surface area contributed by atoms with E-state index in [0.29, 0.717) is 12.4 Å². The van der Waals surface area contributed by atoms with Crippen LogP contribution < -0.4 is 4.74 Å². The Morgan fingerprint density at radius 2 is 1.94 bits per heavy atom. The third-order valence-corrected chi connectivity index (χ3v) is 3.05. The molecule has 2 rings (SSSR count). The van der Waals surface area contributed by atoms with Crippen molar-refractivity contribution in [3.05, 3.63) is 30.1 Å². The third-order valence-electron chi connectivity index (χ3n) is 3.05. The molecule has 0 saturated heterocycles. The second-order valence-corrected chi connectivity index (χ2v) is 4.57. The minimum Gasteiger partial charge on any atom is -0.491 e. The zero-order chi connectivity index (χ0) is 11.2. The summed E-state index contributed by atoms with van der Waals surface area (Å²) in [6.07, 6.45) is 7.77. The fourth-order valence-corrected chi connectivity index (χ4v) is 1.86. The average molecular weight is 222 g/mol. The summed E-state index contributed by atoms with van der Waals surface area (Å²) in [7, 11) is 0. The molecule has 1 aromatic rings. The number of ether oxygens (including phenoxy) is 1. The topological polar surface area (TPSA) is 9.23 Å². The number of halogens is 1. The van der Waals surface area contributed by atoms with E-state index in [0.717, 1.165) is 12.3 Å². The van der Waals surface area contributed by atoms with Gasteiger partial charge in [-0.3, -0.25) is 0 Å². The fourth-order valence-electron chi connectivity index (χ4n) is 1.86. The zero-order valence-electron chi connectivity index (χ0n) is 9.62. The summed E-state index contributed by atoms with van der Waals surface area (Å²) < 4.78 is 18.5. The van der Waals surface area contributed by atoms with E-state index in [1.54, 1.807) is 18.2 Å². The van der Waals surface area contributed by atoms with Crippen LogP contribution in [0.15, 0.2) is 24.3 Å². The Labute approximate surface area is 96.6 Å². The van der Waals surface area contributed by atoms with Crippen LogP contribution in [0.25, 0.3) is 0 Å². The molecule has 0 amide bonds. The van der Waals surface area contributed by atoms with Gasteiger partial charge in [0.25, 0.3) is 0 Å². The van der Waals surface area contributed by atoms with Crippen LogP contribution >= 0.6 is 0 Å². The molecule has 2 heteroatoms. The van der Waals surface area contributed by atoms with Gasteiger partial charge in [-0.1, -0.05) is 44.2 Å². The first-order chi connectivity index (χ1) is 7.86. The van der Waals surface area contributed by atoms with Gasteiger partial charge in [-0.05, 0) is 24.5 Å². The fraction of sp³-hybridized carbons (Fsp3) is 0.571. The number of unbranched alkanes of at least 4 members (excludes halogenated alkanes) is 2. The van der Waals surface area contributed by atoms with Crippen LogP contribution in [0.2, 0.25) is 0 Å². The molecule has 1 saturated carbocycles. The highest BCUT2D eigenvalue weighted by molar-refractivity contribution is 5.23. The number of para-hydroxylation sites is 1. The Morgan fingerprint density at radius 1 is 1.12 bits per heavy atom. The van der Waals surface area contributed by atoms with Crippen LogP contribution in [0.3, 0.4) is 0 Å². The lowest BCUT2D eigenvalue weighted by Gasteiger charge is -2.06. The molecule has 1 aliphatic carbocycles. The molecule has 1 fully saturated rings. The Bertz CT molecular complexity index is 320. The molecule has 88 valence electrons. The molecule has 1 nitrogen and oxygen atoms in total. The minimum atomic E-state index is -0.263. The summed E-state index contributed by atoms with van der Waals surface area (Å²) in [5, 5.41) is 0. The summed E-state index contributed by atoms with van der Waals surface area (Å²) in [6, 6.07) is 6.59. The van der Waals surface area contributed by atoms with E-state index in [1.165, 1.54) is 38.2 Å². The van der Waals surface area contributed by atoms with Crippen molar-refractivity contribution in [2.75, 3.05) is 6.61 Å². The Hall–Kier alpha value is -1.05. The van der Waals surface area contributed by atoms with Crippen molar-refractivity contribution in [1.29, 1.82) is 0 Å². The summed E-state index contributed by atoms with van der Waals surface area (Å²) in [5.74, 6) is 1.14. The van der Waals surface area contributed by atoms with Gasteiger partial charge >= 0.3 is 0 Å². The van der Waals surface area contributed by atoms with Gasteiger partial charge in [0.2, 0.25) is 0 Å². The number of hydrogen-bond acceptors (Lipinski definition) is 1. The summed E-state index contributed by atoms with van der Waals surface area (Å²) >= 11 is 0. The first-order valence-electron chi connectivity index (χ1n) is 6.23. The first kappa shape index (κ1) is 11.4.